The highest BCUT2D eigenvalue weighted by Gasteiger charge is 2.11. The SMILES string of the molecule is CC(C)NCc1nc(N2CC=CCC2)ccc1Cl. The summed E-state index contributed by atoms with van der Waals surface area (Å²) in [6.45, 7) is 6.92. The van der Waals surface area contributed by atoms with Crippen molar-refractivity contribution >= 4 is 17.4 Å². The zero-order valence-corrected chi connectivity index (χ0v) is 11.7. The summed E-state index contributed by atoms with van der Waals surface area (Å²) >= 11 is 6.18. The lowest BCUT2D eigenvalue weighted by molar-refractivity contribution is 0.581. The number of pyridine rings is 1. The molecule has 0 radical (unpaired) electrons. The number of anilines is 1. The van der Waals surface area contributed by atoms with Crippen molar-refractivity contribution in [1.82, 2.24) is 10.3 Å². The van der Waals surface area contributed by atoms with Crippen molar-refractivity contribution in [3.8, 4) is 0 Å². The van der Waals surface area contributed by atoms with Crippen molar-refractivity contribution in [2.24, 2.45) is 0 Å². The van der Waals surface area contributed by atoms with E-state index in [1.54, 1.807) is 0 Å². The molecule has 3 nitrogen and oxygen atoms in total. The third-order valence-corrected chi connectivity index (χ3v) is 3.31. The van der Waals surface area contributed by atoms with Gasteiger partial charge in [-0.25, -0.2) is 4.98 Å². The van der Waals surface area contributed by atoms with Crippen LogP contribution in [0.1, 0.15) is 26.0 Å². The minimum absolute atomic E-state index is 0.435. The van der Waals surface area contributed by atoms with Gasteiger partial charge in [0.2, 0.25) is 0 Å². The van der Waals surface area contributed by atoms with E-state index in [9.17, 15) is 0 Å². The van der Waals surface area contributed by atoms with Gasteiger partial charge in [-0.05, 0) is 18.6 Å². The fourth-order valence-corrected chi connectivity index (χ4v) is 2.10. The average molecular weight is 266 g/mol. The summed E-state index contributed by atoms with van der Waals surface area (Å²) in [5.41, 5.74) is 0.928. The summed E-state index contributed by atoms with van der Waals surface area (Å²) in [7, 11) is 0. The number of hydrogen-bond donors (Lipinski definition) is 1. The Balaban J connectivity index is 2.12. The van der Waals surface area contributed by atoms with Crippen LogP contribution in [0, 0.1) is 0 Å². The van der Waals surface area contributed by atoms with Crippen molar-refractivity contribution < 1.29 is 0 Å². The molecule has 0 spiro atoms. The molecule has 18 heavy (non-hydrogen) atoms. The van der Waals surface area contributed by atoms with E-state index in [0.29, 0.717) is 12.6 Å². The Morgan fingerprint density at radius 2 is 2.22 bits per heavy atom. The lowest BCUT2D eigenvalue weighted by Crippen LogP contribution is -2.28. The minimum Gasteiger partial charge on any atom is -0.353 e. The van der Waals surface area contributed by atoms with E-state index >= 15 is 0 Å². The Morgan fingerprint density at radius 3 is 2.89 bits per heavy atom. The summed E-state index contributed by atoms with van der Waals surface area (Å²) in [5.74, 6) is 1.02. The van der Waals surface area contributed by atoms with Crippen LogP contribution < -0.4 is 10.2 Å². The van der Waals surface area contributed by atoms with Crippen LogP contribution in [-0.4, -0.2) is 24.1 Å². The number of nitrogens with one attached hydrogen (secondary N) is 1. The van der Waals surface area contributed by atoms with Crippen LogP contribution in [0.4, 0.5) is 5.82 Å². The molecule has 4 heteroatoms. The molecular weight excluding hydrogens is 246 g/mol. The molecule has 1 aliphatic rings. The standard InChI is InChI=1S/C14H20ClN3/c1-11(2)16-10-13-12(15)6-7-14(17-13)18-8-4-3-5-9-18/h3-4,6-7,11,16H,5,8-10H2,1-2H3. The molecule has 0 aliphatic carbocycles. The average Bonchev–Trinajstić information content (AvgIpc) is 2.38. The second-order valence-corrected chi connectivity index (χ2v) is 5.25. The maximum Gasteiger partial charge on any atom is 0.129 e. The summed E-state index contributed by atoms with van der Waals surface area (Å²) in [6, 6.07) is 4.38. The molecule has 0 amide bonds. The van der Waals surface area contributed by atoms with Gasteiger partial charge in [0.15, 0.2) is 0 Å². The summed E-state index contributed by atoms with van der Waals surface area (Å²) in [6.07, 6.45) is 5.49. The van der Waals surface area contributed by atoms with Crippen LogP contribution in [0.2, 0.25) is 5.02 Å². The Bertz CT molecular complexity index is 429. The second-order valence-electron chi connectivity index (χ2n) is 4.84. The second kappa shape index (κ2) is 6.21. The highest BCUT2D eigenvalue weighted by molar-refractivity contribution is 6.31. The molecule has 2 rings (SSSR count). The lowest BCUT2D eigenvalue weighted by Gasteiger charge is -2.25. The molecular formula is C14H20ClN3. The number of nitrogens with zero attached hydrogens (tertiary/aromatic N) is 2. The molecule has 1 aliphatic heterocycles. The van der Waals surface area contributed by atoms with Gasteiger partial charge < -0.3 is 10.2 Å². The van der Waals surface area contributed by atoms with E-state index in [1.165, 1.54) is 0 Å². The first-order valence-electron chi connectivity index (χ1n) is 6.45. The minimum atomic E-state index is 0.435. The topological polar surface area (TPSA) is 28.2 Å². The number of aromatic nitrogens is 1. The Morgan fingerprint density at radius 1 is 1.39 bits per heavy atom. The molecule has 0 bridgehead atoms. The van der Waals surface area contributed by atoms with Crippen LogP contribution in [0.5, 0.6) is 0 Å². The number of hydrogen-bond acceptors (Lipinski definition) is 3. The van der Waals surface area contributed by atoms with Crippen molar-refractivity contribution in [2.45, 2.75) is 32.9 Å². The summed E-state index contributed by atoms with van der Waals surface area (Å²) < 4.78 is 0. The van der Waals surface area contributed by atoms with Gasteiger partial charge in [-0.2, -0.15) is 0 Å². The maximum absolute atomic E-state index is 6.18. The molecule has 0 fully saturated rings. The Labute approximate surface area is 114 Å². The van der Waals surface area contributed by atoms with Gasteiger partial charge in [-0.3, -0.25) is 0 Å². The van der Waals surface area contributed by atoms with Crippen LogP contribution in [0.15, 0.2) is 24.3 Å². The molecule has 0 atom stereocenters. The van der Waals surface area contributed by atoms with Gasteiger partial charge in [0, 0.05) is 25.7 Å². The highest BCUT2D eigenvalue weighted by Crippen LogP contribution is 2.20. The summed E-state index contributed by atoms with van der Waals surface area (Å²) in [4.78, 5) is 6.94. The Hall–Kier alpha value is -1.06. The van der Waals surface area contributed by atoms with E-state index < -0.39 is 0 Å². The molecule has 1 aromatic heterocycles. The van der Waals surface area contributed by atoms with E-state index in [0.717, 1.165) is 36.0 Å². The smallest absolute Gasteiger partial charge is 0.129 e. The largest absolute Gasteiger partial charge is 0.353 e. The lowest BCUT2D eigenvalue weighted by atomic mass is 10.2. The molecule has 1 aromatic rings. The van der Waals surface area contributed by atoms with E-state index in [4.69, 9.17) is 11.6 Å². The zero-order valence-electron chi connectivity index (χ0n) is 11.0. The predicted molar refractivity (Wildman–Crippen MR) is 77.2 cm³/mol. The molecule has 2 heterocycles. The van der Waals surface area contributed by atoms with Crippen LogP contribution in [0.25, 0.3) is 0 Å². The van der Waals surface area contributed by atoms with E-state index in [2.05, 4.69) is 41.2 Å². The van der Waals surface area contributed by atoms with Crippen molar-refractivity contribution in [3.63, 3.8) is 0 Å². The van der Waals surface area contributed by atoms with Crippen molar-refractivity contribution in [3.05, 3.63) is 35.0 Å². The van der Waals surface area contributed by atoms with Crippen molar-refractivity contribution in [2.75, 3.05) is 18.0 Å². The Kier molecular flexibility index (Phi) is 4.61. The first kappa shape index (κ1) is 13.4. The number of rotatable bonds is 4. The third kappa shape index (κ3) is 3.47. The summed E-state index contributed by atoms with van der Waals surface area (Å²) in [5, 5.41) is 4.09. The maximum atomic E-state index is 6.18. The van der Waals surface area contributed by atoms with Gasteiger partial charge in [0.25, 0.3) is 0 Å². The van der Waals surface area contributed by atoms with Gasteiger partial charge in [0.1, 0.15) is 5.82 Å². The van der Waals surface area contributed by atoms with Gasteiger partial charge >= 0.3 is 0 Å². The fraction of sp³-hybridized carbons (Fsp3) is 0.500. The van der Waals surface area contributed by atoms with E-state index in [1.807, 2.05) is 12.1 Å². The van der Waals surface area contributed by atoms with Crippen LogP contribution in [0.3, 0.4) is 0 Å². The molecule has 0 unspecified atom stereocenters. The first-order chi connectivity index (χ1) is 8.66. The normalized spacial score (nSPS) is 15.4. The predicted octanol–water partition coefficient (Wildman–Crippen LogP) is 3.00. The zero-order chi connectivity index (χ0) is 13.0. The fourth-order valence-electron chi connectivity index (χ4n) is 1.92. The molecule has 0 saturated heterocycles. The monoisotopic (exact) mass is 265 g/mol. The third-order valence-electron chi connectivity index (χ3n) is 2.96. The van der Waals surface area contributed by atoms with Crippen LogP contribution >= 0.6 is 11.6 Å². The number of halogens is 1. The molecule has 1 N–H and O–H groups in total. The van der Waals surface area contributed by atoms with Crippen molar-refractivity contribution in [1.29, 1.82) is 0 Å². The quantitative estimate of drug-likeness (QED) is 0.849. The van der Waals surface area contributed by atoms with E-state index in [-0.39, 0.29) is 0 Å². The van der Waals surface area contributed by atoms with Gasteiger partial charge in [0.05, 0.1) is 10.7 Å². The van der Waals surface area contributed by atoms with Crippen LogP contribution in [-0.2, 0) is 6.54 Å². The molecule has 0 aromatic carbocycles. The van der Waals surface area contributed by atoms with Gasteiger partial charge in [-0.15, -0.1) is 0 Å². The van der Waals surface area contributed by atoms with Gasteiger partial charge in [-0.1, -0.05) is 37.6 Å². The highest BCUT2D eigenvalue weighted by atomic mass is 35.5. The molecule has 98 valence electrons. The first-order valence-corrected chi connectivity index (χ1v) is 6.83. The molecule has 0 saturated carbocycles.